The molecule has 1 amide bonds. The van der Waals surface area contributed by atoms with Gasteiger partial charge in [-0.15, -0.1) is 11.8 Å². The van der Waals surface area contributed by atoms with Crippen LogP contribution >= 0.6 is 19.4 Å². The molecule has 0 aromatic rings. The lowest BCUT2D eigenvalue weighted by Crippen LogP contribution is -2.67. The maximum atomic E-state index is 11.4. The van der Waals surface area contributed by atoms with Gasteiger partial charge in [-0.25, -0.2) is 0 Å². The van der Waals surface area contributed by atoms with Crippen molar-refractivity contribution in [1.29, 1.82) is 0 Å². The number of nitrogens with two attached hydrogens (primary N) is 1. The third-order valence-electron chi connectivity index (χ3n) is 2.52. The molecule has 2 rings (SSSR count). The fourth-order valence-corrected chi connectivity index (χ4v) is 4.31. The van der Waals surface area contributed by atoms with Crippen molar-refractivity contribution in [1.82, 2.24) is 4.90 Å². The molecule has 0 saturated carbocycles. The van der Waals surface area contributed by atoms with Crippen LogP contribution in [0.25, 0.3) is 0 Å². The van der Waals surface area contributed by atoms with Gasteiger partial charge in [-0.2, -0.15) is 0 Å². The second-order valence-corrected chi connectivity index (χ2v) is 6.18. The molecule has 2 atom stereocenters. The molecule has 5 N–H and O–H groups in total. The van der Waals surface area contributed by atoms with Gasteiger partial charge in [0.05, 0.1) is 6.61 Å². The molecule has 2 aliphatic rings. The number of amides is 1. The van der Waals surface area contributed by atoms with Crippen molar-refractivity contribution in [3.8, 4) is 0 Å². The Hall–Kier alpha value is -0.370. The van der Waals surface area contributed by atoms with Gasteiger partial charge in [0.25, 0.3) is 0 Å². The van der Waals surface area contributed by atoms with Gasteiger partial charge in [0.2, 0.25) is 5.91 Å². The first-order valence-corrected chi connectivity index (χ1v) is 7.13. The van der Waals surface area contributed by atoms with E-state index in [9.17, 15) is 9.36 Å². The Labute approximate surface area is 95.5 Å². The van der Waals surface area contributed by atoms with E-state index in [1.807, 2.05) is 0 Å². The van der Waals surface area contributed by atoms with Gasteiger partial charge in [0.15, 0.2) is 0 Å². The van der Waals surface area contributed by atoms with Gasteiger partial charge in [0.1, 0.15) is 16.9 Å². The van der Waals surface area contributed by atoms with E-state index >= 15 is 0 Å². The Balaban J connectivity index is 2.45. The SMILES string of the molecule is NC1C(=O)N2C(P(=O)(O)O)=C(CO)CS[C@@H]12. The Morgan fingerprint density at radius 3 is 2.69 bits per heavy atom. The molecule has 0 aromatic heterocycles. The first-order valence-electron chi connectivity index (χ1n) is 4.47. The third kappa shape index (κ3) is 1.62. The minimum absolute atomic E-state index is 0.190. The van der Waals surface area contributed by atoms with Gasteiger partial charge in [-0.1, -0.05) is 0 Å². The predicted molar refractivity (Wildman–Crippen MR) is 57.2 cm³/mol. The Morgan fingerprint density at radius 2 is 2.19 bits per heavy atom. The summed E-state index contributed by atoms with van der Waals surface area (Å²) in [5.74, 6) is -0.236. The van der Waals surface area contributed by atoms with Crippen LogP contribution in [0.2, 0.25) is 0 Å². The zero-order chi connectivity index (χ0) is 12.1. The second-order valence-electron chi connectivity index (χ2n) is 3.56. The van der Waals surface area contributed by atoms with Gasteiger partial charge in [-0.05, 0) is 5.57 Å². The zero-order valence-electron chi connectivity index (χ0n) is 8.11. The molecule has 0 radical (unpaired) electrons. The van der Waals surface area contributed by atoms with Crippen molar-refractivity contribution in [3.63, 3.8) is 0 Å². The summed E-state index contributed by atoms with van der Waals surface area (Å²) in [6.45, 7) is -0.473. The molecule has 2 heterocycles. The summed E-state index contributed by atoms with van der Waals surface area (Å²) < 4.78 is 11.3. The highest BCUT2D eigenvalue weighted by molar-refractivity contribution is 8.00. The molecule has 2 aliphatic heterocycles. The smallest absolute Gasteiger partial charge is 0.372 e. The molecule has 9 heteroatoms. The first kappa shape index (κ1) is 12.1. The molecule has 0 aliphatic carbocycles. The number of aliphatic hydroxyl groups excluding tert-OH is 1. The molecule has 1 fully saturated rings. The number of carbonyl (C=O) groups excluding carboxylic acids is 1. The van der Waals surface area contributed by atoms with Crippen LogP contribution in [0.3, 0.4) is 0 Å². The van der Waals surface area contributed by atoms with Crippen LogP contribution in [0.5, 0.6) is 0 Å². The average molecular weight is 266 g/mol. The summed E-state index contributed by atoms with van der Waals surface area (Å²) in [6, 6.07) is -0.716. The summed E-state index contributed by atoms with van der Waals surface area (Å²) in [4.78, 5) is 30.8. The number of fused-ring (bicyclic) bond motifs is 1. The lowest BCUT2D eigenvalue weighted by molar-refractivity contribution is -0.140. The van der Waals surface area contributed by atoms with Gasteiger partial charge in [-0.3, -0.25) is 14.3 Å². The van der Waals surface area contributed by atoms with E-state index in [0.29, 0.717) is 0 Å². The summed E-state index contributed by atoms with van der Waals surface area (Å²) in [5.41, 5.74) is 5.34. The van der Waals surface area contributed by atoms with Gasteiger partial charge >= 0.3 is 7.60 Å². The fraction of sp³-hybridized carbons (Fsp3) is 0.571. The van der Waals surface area contributed by atoms with E-state index < -0.39 is 31.5 Å². The summed E-state index contributed by atoms with van der Waals surface area (Å²) >= 11 is 1.30. The number of hydrogen-bond donors (Lipinski definition) is 4. The van der Waals surface area contributed by atoms with Crippen LogP contribution < -0.4 is 5.73 Å². The van der Waals surface area contributed by atoms with E-state index in [2.05, 4.69) is 0 Å². The highest BCUT2D eigenvalue weighted by Crippen LogP contribution is 2.55. The molecule has 1 unspecified atom stereocenters. The van der Waals surface area contributed by atoms with E-state index in [1.54, 1.807) is 0 Å². The van der Waals surface area contributed by atoms with Crippen LogP contribution in [-0.2, 0) is 9.36 Å². The minimum atomic E-state index is -4.56. The number of thioether (sulfide) groups is 1. The van der Waals surface area contributed by atoms with Crippen molar-refractivity contribution in [2.24, 2.45) is 5.73 Å². The van der Waals surface area contributed by atoms with Crippen LogP contribution in [0.4, 0.5) is 0 Å². The number of aliphatic hydroxyl groups is 1. The second kappa shape index (κ2) is 3.83. The number of nitrogens with zero attached hydrogens (tertiary/aromatic N) is 1. The maximum Gasteiger partial charge on any atom is 0.372 e. The summed E-state index contributed by atoms with van der Waals surface area (Å²) in [5, 5.41) is 8.60. The largest absolute Gasteiger partial charge is 0.392 e. The molecule has 90 valence electrons. The van der Waals surface area contributed by atoms with Gasteiger partial charge in [0, 0.05) is 5.75 Å². The van der Waals surface area contributed by atoms with Gasteiger partial charge < -0.3 is 20.6 Å². The van der Waals surface area contributed by atoms with E-state index in [0.717, 1.165) is 4.90 Å². The Morgan fingerprint density at radius 1 is 1.56 bits per heavy atom. The fourth-order valence-electron chi connectivity index (χ4n) is 1.77. The molecular formula is C7H11N2O5PS. The molecule has 0 aromatic carbocycles. The molecule has 7 nitrogen and oxygen atoms in total. The Kier molecular flexibility index (Phi) is 2.90. The van der Waals surface area contributed by atoms with Crippen molar-refractivity contribution >= 4 is 25.3 Å². The number of hydrogen-bond acceptors (Lipinski definition) is 5. The lowest BCUT2D eigenvalue weighted by Gasteiger charge is -2.48. The number of β-lactam (4-membered cyclic amide) rings is 1. The highest BCUT2D eigenvalue weighted by Gasteiger charge is 2.53. The maximum absolute atomic E-state index is 11.4. The summed E-state index contributed by atoms with van der Waals surface area (Å²) in [7, 11) is -4.56. The molecular weight excluding hydrogens is 255 g/mol. The number of rotatable bonds is 2. The predicted octanol–water partition coefficient (Wildman–Crippen LogP) is -1.39. The zero-order valence-corrected chi connectivity index (χ0v) is 9.82. The lowest BCUT2D eigenvalue weighted by atomic mass is 10.1. The van der Waals surface area contributed by atoms with Crippen molar-refractivity contribution in [3.05, 3.63) is 11.0 Å². The average Bonchev–Trinajstić information content (AvgIpc) is 2.24. The Bertz CT molecular complexity index is 419. The normalized spacial score (nSPS) is 30.2. The first-order chi connectivity index (χ1) is 7.38. The summed E-state index contributed by atoms with van der Waals surface area (Å²) in [6.07, 6.45) is 0. The van der Waals surface area contributed by atoms with Crippen molar-refractivity contribution in [2.75, 3.05) is 12.4 Å². The van der Waals surface area contributed by atoms with E-state index in [1.165, 1.54) is 11.8 Å². The van der Waals surface area contributed by atoms with E-state index in [-0.39, 0.29) is 16.8 Å². The van der Waals surface area contributed by atoms with Crippen LogP contribution in [0, 0.1) is 0 Å². The molecule has 1 saturated heterocycles. The number of carbonyl (C=O) groups is 1. The quantitative estimate of drug-likeness (QED) is 0.358. The van der Waals surface area contributed by atoms with Crippen LogP contribution in [-0.4, -0.2) is 49.5 Å². The topological polar surface area (TPSA) is 124 Å². The minimum Gasteiger partial charge on any atom is -0.392 e. The van der Waals surface area contributed by atoms with Crippen LogP contribution in [0.15, 0.2) is 11.0 Å². The standard InChI is InChI=1S/C7H11N2O5PS/c8-4-5(11)9-6(15(12,13)14)3(1-10)2-16-7(4)9/h4,7,10H,1-2,8H2,(H2,12,13,14)/t4?,7-/m0/s1. The highest BCUT2D eigenvalue weighted by atomic mass is 32.2. The molecule has 0 spiro atoms. The van der Waals surface area contributed by atoms with Crippen molar-refractivity contribution < 1.29 is 24.3 Å². The van der Waals surface area contributed by atoms with E-state index in [4.69, 9.17) is 20.6 Å². The molecule has 16 heavy (non-hydrogen) atoms. The molecule has 0 bridgehead atoms. The monoisotopic (exact) mass is 266 g/mol. The van der Waals surface area contributed by atoms with Crippen molar-refractivity contribution in [2.45, 2.75) is 11.4 Å². The third-order valence-corrected chi connectivity index (χ3v) is 4.97. The van der Waals surface area contributed by atoms with Crippen LogP contribution in [0.1, 0.15) is 0 Å².